The van der Waals surface area contributed by atoms with Crippen molar-refractivity contribution in [2.75, 3.05) is 0 Å². The molecule has 0 N–H and O–H groups in total. The Kier molecular flexibility index (Phi) is 658. The minimum atomic E-state index is 0. The molecule has 0 atom stereocenters. The molecule has 0 rings (SSSR count). The molecule has 0 aliphatic carbocycles. The summed E-state index contributed by atoms with van der Waals surface area (Å²) >= 11 is 0. The van der Waals surface area contributed by atoms with E-state index in [9.17, 15) is 0 Å². The van der Waals surface area contributed by atoms with Crippen LogP contribution in [0.25, 0.3) is 0 Å². The van der Waals surface area contributed by atoms with Gasteiger partial charge in [-0.2, -0.15) is 0 Å². The normalized spacial score (nSPS) is 0. The van der Waals surface area contributed by atoms with Crippen LogP contribution in [0.4, 0.5) is 0 Å². The van der Waals surface area contributed by atoms with Crippen molar-refractivity contribution >= 4 is 0 Å². The molecule has 0 aromatic rings. The van der Waals surface area contributed by atoms with Gasteiger partial charge < -0.3 is 0 Å². The first-order chi connectivity index (χ1) is 0. The van der Waals surface area contributed by atoms with E-state index in [4.69, 9.17) is 0 Å². The largest absolute Gasteiger partial charge is 2.00 e. The van der Waals surface area contributed by atoms with Crippen molar-refractivity contribution in [1.82, 2.24) is 0 Å². The molecule has 0 amide bonds. The molecule has 26 valence electrons. The molecule has 0 aromatic carbocycles. The fourth-order valence-corrected chi connectivity index (χ4v) is 0. The van der Waals surface area contributed by atoms with E-state index >= 15 is 0 Å². The van der Waals surface area contributed by atoms with Crippen molar-refractivity contribution in [3.8, 4) is 0 Å². The Hall–Kier alpha value is 1.04. The van der Waals surface area contributed by atoms with Gasteiger partial charge in [0.15, 0.2) is 0 Å². The van der Waals surface area contributed by atoms with E-state index in [1.165, 1.54) is 0 Å². The van der Waals surface area contributed by atoms with Gasteiger partial charge in [-0.15, -0.1) is 0 Å². The molecule has 4 heavy (non-hydrogen) atoms. The first-order valence-corrected chi connectivity index (χ1v) is 0. The Labute approximate surface area is 50.8 Å². The third-order valence-electron chi connectivity index (χ3n) is 0. The first-order valence-electron chi connectivity index (χ1n) is 0. The maximum absolute atomic E-state index is 0. The van der Waals surface area contributed by atoms with Crippen molar-refractivity contribution in [2.24, 2.45) is 0 Å². The Balaban J connectivity index is 0. The van der Waals surface area contributed by atoms with Crippen LogP contribution < -0.4 is 0 Å². The maximum Gasteiger partial charge on any atom is 2.00 e. The zero-order valence-electron chi connectivity index (χ0n) is 1.76. The van der Waals surface area contributed by atoms with Crippen LogP contribution in [0.1, 0.15) is 16.3 Å². The zero-order valence-corrected chi connectivity index (χ0v) is 3.12. The molecule has 0 aromatic heterocycles. The Bertz CT molecular complexity index is 7.61. The first kappa shape index (κ1) is 76.2. The Morgan fingerprint density at radius 3 is 0.750 bits per heavy atom. The average molecular weight is 143 g/mol. The van der Waals surface area contributed by atoms with Gasteiger partial charge in [0.1, 0.15) is 0 Å². The summed E-state index contributed by atoms with van der Waals surface area (Å²) in [6, 6.07) is 0. The summed E-state index contributed by atoms with van der Waals surface area (Å²) in [4.78, 5) is 0. The summed E-state index contributed by atoms with van der Waals surface area (Å²) in [7, 11) is 0. The second-order valence-corrected chi connectivity index (χ2v) is 0. The minimum Gasteiger partial charge on any atom is -0.0776 e. The Morgan fingerprint density at radius 2 is 0.750 bits per heavy atom. The van der Waals surface area contributed by atoms with Crippen molar-refractivity contribution in [3.63, 3.8) is 0 Å². The molecule has 0 aliphatic rings. The van der Waals surface area contributed by atoms with E-state index in [2.05, 4.69) is 0 Å². The second-order valence-electron chi connectivity index (χ2n) is 0. The van der Waals surface area contributed by atoms with Crippen LogP contribution in [0, 0.1) is 0 Å². The van der Waals surface area contributed by atoms with Gasteiger partial charge in [0.05, 0.1) is 0 Å². The van der Waals surface area contributed by atoms with E-state index in [0.29, 0.717) is 0 Å². The van der Waals surface area contributed by atoms with E-state index in [0.717, 1.165) is 0 Å². The molecule has 0 spiro atoms. The summed E-state index contributed by atoms with van der Waals surface area (Å²) in [5.41, 5.74) is 0. The van der Waals surface area contributed by atoms with Gasteiger partial charge in [-0.25, -0.2) is 0 Å². The summed E-state index contributed by atoms with van der Waals surface area (Å²) < 4.78 is 0. The number of rotatable bonds is 0. The molecule has 0 heterocycles. The minimum absolute atomic E-state index is 0. The molecule has 0 fully saturated rings. The fourth-order valence-electron chi connectivity index (χ4n) is 0. The third kappa shape index (κ3) is 11.7. The van der Waals surface area contributed by atoms with Gasteiger partial charge in [0.25, 0.3) is 0 Å². The van der Waals surface area contributed by atoms with Crippen LogP contribution in [-0.4, -0.2) is 0 Å². The van der Waals surface area contributed by atoms with E-state index in [1.807, 2.05) is 0 Å². The van der Waals surface area contributed by atoms with E-state index in [1.54, 1.807) is 0 Å². The van der Waals surface area contributed by atoms with Crippen molar-refractivity contribution in [2.45, 2.75) is 14.9 Å². The monoisotopic (exact) mass is 143 g/mol. The fraction of sp³-hybridized carbons (Fsp3) is 1.00. The van der Waals surface area contributed by atoms with Gasteiger partial charge in [-0.3, -0.25) is 0 Å². The van der Waals surface area contributed by atoms with Crippen molar-refractivity contribution < 1.29 is 35.6 Å². The topological polar surface area (TPSA) is 0 Å². The third-order valence-corrected chi connectivity index (χ3v) is 0. The molecule has 2 radical (unpaired) electrons. The zero-order chi connectivity index (χ0) is 0. The van der Waals surface area contributed by atoms with Crippen LogP contribution in [-0.2, 0) is 34.1 Å². The molecule has 0 nitrogen and oxygen atoms in total. The van der Waals surface area contributed by atoms with Crippen LogP contribution in [0.3, 0.4) is 0 Å². The summed E-state index contributed by atoms with van der Waals surface area (Å²) in [6.07, 6.45) is 0. The summed E-state index contributed by atoms with van der Waals surface area (Å²) in [5, 5.41) is 0. The van der Waals surface area contributed by atoms with E-state index < -0.39 is 0 Å². The van der Waals surface area contributed by atoms with Gasteiger partial charge in [-0.1, -0.05) is 14.9 Å². The van der Waals surface area contributed by atoms with Crippen LogP contribution in [0.2, 0.25) is 0 Å². The summed E-state index contributed by atoms with van der Waals surface area (Å²) in [5.74, 6) is 0. The van der Waals surface area contributed by atoms with Gasteiger partial charge >= 0.3 is 35.6 Å². The predicted octanol–water partition coefficient (Wildman–Crippen LogP) is 1.38. The smallest absolute Gasteiger partial charge is 0.0776 e. The van der Waals surface area contributed by atoms with Crippen LogP contribution >= 0.6 is 0 Å². The average Bonchev–Trinajstić information content (AvgIpc) is 0. The SMILES string of the molecule is C.C.[H+].[Mn+2].[Mn+2]. The van der Waals surface area contributed by atoms with Crippen molar-refractivity contribution in [1.29, 1.82) is 0 Å². The van der Waals surface area contributed by atoms with Crippen LogP contribution in [0.15, 0.2) is 0 Å². The van der Waals surface area contributed by atoms with Gasteiger partial charge in [0, 0.05) is 0 Å². The van der Waals surface area contributed by atoms with Crippen molar-refractivity contribution in [3.05, 3.63) is 0 Å². The quantitative estimate of drug-likeness (QED) is 0.449. The molecule has 0 aliphatic heterocycles. The predicted molar refractivity (Wildman–Crippen MR) is 14.6 cm³/mol. The molecule has 0 unspecified atom stereocenters. The van der Waals surface area contributed by atoms with Crippen LogP contribution in [0.5, 0.6) is 0 Å². The maximum atomic E-state index is 0. The van der Waals surface area contributed by atoms with Gasteiger partial charge in [-0.05, 0) is 0 Å². The standard InChI is InChI=1S/2CH4.2Mn/h2*1H4;;/q;;2*+2/p+1. The molecule has 0 saturated heterocycles. The number of hydrogen-bond acceptors (Lipinski definition) is 0. The summed E-state index contributed by atoms with van der Waals surface area (Å²) in [6.45, 7) is 0. The van der Waals surface area contributed by atoms with Gasteiger partial charge in [0.2, 0.25) is 0 Å². The molecular formula is C2H9Mn2+5. The second kappa shape index (κ2) is 34.6. The molecular weight excluding hydrogens is 134 g/mol. The molecule has 0 saturated carbocycles. The Morgan fingerprint density at radius 1 is 0.750 bits per heavy atom. The van der Waals surface area contributed by atoms with E-state index in [-0.39, 0.29) is 50.4 Å². The number of hydrogen-bond donors (Lipinski definition) is 0. The molecule has 0 bridgehead atoms. The molecule has 2 heteroatoms.